The van der Waals surface area contributed by atoms with E-state index in [0.717, 1.165) is 0 Å². The lowest BCUT2D eigenvalue weighted by atomic mass is 10.4. The number of alkyl halides is 1. The Balaban J connectivity index is 3.02. The van der Waals surface area contributed by atoms with Crippen molar-refractivity contribution < 1.29 is 4.39 Å². The summed E-state index contributed by atoms with van der Waals surface area (Å²) in [5.74, 6) is 0. The summed E-state index contributed by atoms with van der Waals surface area (Å²) in [6.07, 6.45) is 1.81. The number of nitrogens with zero attached hydrogens (tertiary/aromatic N) is 2. The highest BCUT2D eigenvalue weighted by atomic mass is 35.5. The fraction of sp³-hybridized carbons (Fsp3) is 0.333. The Morgan fingerprint density at radius 1 is 1.64 bits per heavy atom. The van der Waals surface area contributed by atoms with Crippen LogP contribution in [0.25, 0.3) is 0 Å². The van der Waals surface area contributed by atoms with E-state index in [0.29, 0.717) is 10.9 Å². The van der Waals surface area contributed by atoms with Crippen molar-refractivity contribution in [2.45, 2.75) is 11.8 Å². The highest BCUT2D eigenvalue weighted by molar-refractivity contribution is 7.98. The minimum absolute atomic E-state index is 0.289. The number of halogens is 2. The molecule has 0 unspecified atom stereocenters. The lowest BCUT2D eigenvalue weighted by molar-refractivity contribution is 0.472. The Morgan fingerprint density at radius 2 is 2.36 bits per heavy atom. The van der Waals surface area contributed by atoms with Gasteiger partial charge in [-0.05, 0) is 12.3 Å². The normalized spacial score (nSPS) is 10.1. The molecular weight excluding hydrogens is 187 g/mol. The summed E-state index contributed by atoms with van der Waals surface area (Å²) in [5.41, 5.74) is 0.328. The average molecular weight is 193 g/mol. The summed E-state index contributed by atoms with van der Waals surface area (Å²) in [7, 11) is 0. The van der Waals surface area contributed by atoms with Crippen molar-refractivity contribution in [1.29, 1.82) is 0 Å². The van der Waals surface area contributed by atoms with E-state index in [1.54, 1.807) is 0 Å². The first-order valence-corrected chi connectivity index (χ1v) is 4.50. The van der Waals surface area contributed by atoms with Crippen molar-refractivity contribution in [3.05, 3.63) is 16.9 Å². The maximum atomic E-state index is 12.1. The van der Waals surface area contributed by atoms with Crippen LogP contribution in [-0.4, -0.2) is 16.2 Å². The number of hydrogen-bond donors (Lipinski definition) is 0. The third kappa shape index (κ3) is 2.31. The molecule has 0 aromatic carbocycles. The zero-order valence-electron chi connectivity index (χ0n) is 5.84. The summed E-state index contributed by atoms with van der Waals surface area (Å²) in [5, 5.41) is 0.794. The first-order valence-electron chi connectivity index (χ1n) is 2.89. The van der Waals surface area contributed by atoms with Gasteiger partial charge < -0.3 is 0 Å². The van der Waals surface area contributed by atoms with Crippen LogP contribution in [0.5, 0.6) is 0 Å². The Kier molecular flexibility index (Phi) is 3.08. The molecule has 0 saturated heterocycles. The van der Waals surface area contributed by atoms with E-state index < -0.39 is 6.67 Å². The van der Waals surface area contributed by atoms with Crippen LogP contribution in [0.3, 0.4) is 0 Å². The van der Waals surface area contributed by atoms with Crippen molar-refractivity contribution in [3.63, 3.8) is 0 Å². The monoisotopic (exact) mass is 192 g/mol. The van der Waals surface area contributed by atoms with E-state index in [1.807, 2.05) is 6.26 Å². The molecule has 0 aliphatic rings. The number of aromatic nitrogens is 2. The van der Waals surface area contributed by atoms with Gasteiger partial charge in [0.25, 0.3) is 0 Å². The molecule has 11 heavy (non-hydrogen) atoms. The quantitative estimate of drug-likeness (QED) is 0.409. The molecule has 5 heteroatoms. The topological polar surface area (TPSA) is 25.8 Å². The zero-order chi connectivity index (χ0) is 8.27. The molecule has 1 aromatic heterocycles. The second-order valence-electron chi connectivity index (χ2n) is 1.80. The average Bonchev–Trinajstić information content (AvgIpc) is 2.03. The molecule has 0 atom stereocenters. The summed E-state index contributed by atoms with van der Waals surface area (Å²) >= 11 is 6.92. The minimum atomic E-state index is -0.601. The maximum absolute atomic E-state index is 12.1. The van der Waals surface area contributed by atoms with Crippen molar-refractivity contribution in [2.24, 2.45) is 0 Å². The van der Waals surface area contributed by atoms with Gasteiger partial charge >= 0.3 is 0 Å². The molecular formula is C6H6ClFN2S. The molecule has 0 radical (unpaired) electrons. The van der Waals surface area contributed by atoms with Gasteiger partial charge in [-0.2, -0.15) is 0 Å². The number of hydrogen-bond acceptors (Lipinski definition) is 3. The predicted octanol–water partition coefficient (Wildman–Crippen LogP) is 2.32. The van der Waals surface area contributed by atoms with Gasteiger partial charge in [-0.3, -0.25) is 0 Å². The molecule has 0 saturated carbocycles. The Morgan fingerprint density at radius 3 is 2.91 bits per heavy atom. The third-order valence-electron chi connectivity index (χ3n) is 1.05. The first kappa shape index (κ1) is 8.74. The van der Waals surface area contributed by atoms with Gasteiger partial charge in [0.15, 0.2) is 5.16 Å². The zero-order valence-corrected chi connectivity index (χ0v) is 7.42. The largest absolute Gasteiger partial charge is 0.244 e. The molecule has 1 heterocycles. The van der Waals surface area contributed by atoms with Crippen molar-refractivity contribution in [3.8, 4) is 0 Å². The molecule has 0 N–H and O–H groups in total. The Bertz CT molecular complexity index is 234. The van der Waals surface area contributed by atoms with Gasteiger partial charge in [0.05, 0.1) is 5.69 Å². The van der Waals surface area contributed by atoms with E-state index in [2.05, 4.69) is 9.97 Å². The Hall–Kier alpha value is -0.350. The Labute approximate surface area is 73.2 Å². The van der Waals surface area contributed by atoms with E-state index in [1.165, 1.54) is 17.8 Å². The molecule has 1 rings (SSSR count). The molecule has 0 spiro atoms. The predicted molar refractivity (Wildman–Crippen MR) is 43.6 cm³/mol. The van der Waals surface area contributed by atoms with Crippen LogP contribution >= 0.6 is 23.4 Å². The van der Waals surface area contributed by atoms with Crippen molar-refractivity contribution >= 4 is 23.4 Å². The number of rotatable bonds is 2. The molecule has 2 nitrogen and oxygen atoms in total. The highest BCUT2D eigenvalue weighted by Crippen LogP contribution is 2.14. The summed E-state index contributed by atoms with van der Waals surface area (Å²) in [6.45, 7) is -0.601. The number of thioether (sulfide) groups is 1. The molecule has 60 valence electrons. The van der Waals surface area contributed by atoms with Crippen LogP contribution in [0.2, 0.25) is 5.15 Å². The van der Waals surface area contributed by atoms with Crippen LogP contribution in [-0.2, 0) is 6.67 Å². The first-order chi connectivity index (χ1) is 5.26. The van der Waals surface area contributed by atoms with E-state index >= 15 is 0 Å². The second kappa shape index (κ2) is 3.88. The minimum Gasteiger partial charge on any atom is -0.244 e. The van der Waals surface area contributed by atoms with Gasteiger partial charge in [0, 0.05) is 0 Å². The fourth-order valence-corrected chi connectivity index (χ4v) is 1.26. The highest BCUT2D eigenvalue weighted by Gasteiger charge is 2.00. The van der Waals surface area contributed by atoms with E-state index in [-0.39, 0.29) is 5.15 Å². The lowest BCUT2D eigenvalue weighted by Gasteiger charge is -1.97. The molecule has 0 amide bonds. The van der Waals surface area contributed by atoms with Gasteiger partial charge in [-0.25, -0.2) is 14.4 Å². The molecule has 1 aromatic rings. The van der Waals surface area contributed by atoms with Crippen LogP contribution in [0.1, 0.15) is 5.69 Å². The van der Waals surface area contributed by atoms with Crippen LogP contribution < -0.4 is 0 Å². The van der Waals surface area contributed by atoms with Crippen molar-refractivity contribution in [2.75, 3.05) is 6.26 Å². The smallest absolute Gasteiger partial charge is 0.189 e. The lowest BCUT2D eigenvalue weighted by Crippen LogP contribution is -1.91. The van der Waals surface area contributed by atoms with Crippen molar-refractivity contribution in [1.82, 2.24) is 9.97 Å². The maximum Gasteiger partial charge on any atom is 0.189 e. The summed E-state index contributed by atoms with van der Waals surface area (Å²) in [6, 6.07) is 1.42. The molecule has 0 aliphatic carbocycles. The molecule has 0 fully saturated rings. The SMILES string of the molecule is CSc1nc(Cl)cc(CF)n1. The molecule has 0 aliphatic heterocycles. The van der Waals surface area contributed by atoms with Gasteiger partial charge in [0.1, 0.15) is 11.8 Å². The third-order valence-corrected chi connectivity index (χ3v) is 1.79. The summed E-state index contributed by atoms with van der Waals surface area (Å²) in [4.78, 5) is 7.71. The molecule has 0 bridgehead atoms. The summed E-state index contributed by atoms with van der Waals surface area (Å²) < 4.78 is 12.1. The standard InChI is InChI=1S/C6H6ClFN2S/c1-11-6-9-4(3-8)2-5(7)10-6/h2H,3H2,1H3. The van der Waals surface area contributed by atoms with Crippen LogP contribution in [0.15, 0.2) is 11.2 Å². The van der Waals surface area contributed by atoms with E-state index in [4.69, 9.17) is 11.6 Å². The van der Waals surface area contributed by atoms with Gasteiger partial charge in [0.2, 0.25) is 0 Å². The fourth-order valence-electron chi connectivity index (χ4n) is 0.601. The van der Waals surface area contributed by atoms with Gasteiger partial charge in [-0.1, -0.05) is 23.4 Å². The van der Waals surface area contributed by atoms with Gasteiger partial charge in [-0.15, -0.1) is 0 Å². The van der Waals surface area contributed by atoms with Crippen LogP contribution in [0.4, 0.5) is 4.39 Å². The second-order valence-corrected chi connectivity index (χ2v) is 2.96. The van der Waals surface area contributed by atoms with Crippen LogP contribution in [0, 0.1) is 0 Å². The van der Waals surface area contributed by atoms with E-state index in [9.17, 15) is 4.39 Å².